The highest BCUT2D eigenvalue weighted by atomic mass is 19.2. The third-order valence-corrected chi connectivity index (χ3v) is 3.26. The molecule has 2 unspecified atom stereocenters. The molecule has 1 aromatic rings. The van der Waals surface area contributed by atoms with E-state index in [1.807, 2.05) is 0 Å². The number of benzene rings is 1. The van der Waals surface area contributed by atoms with Gasteiger partial charge in [-0.1, -0.05) is 0 Å². The highest BCUT2D eigenvalue weighted by molar-refractivity contribution is 5.95. The first-order valence-corrected chi connectivity index (χ1v) is 5.84. The lowest BCUT2D eigenvalue weighted by molar-refractivity contribution is 0.0928. The van der Waals surface area contributed by atoms with E-state index in [2.05, 4.69) is 5.32 Å². The Bertz CT molecular complexity index is 522. The maximum Gasteiger partial charge on any atom is 0.254 e. The van der Waals surface area contributed by atoms with E-state index in [1.165, 1.54) is 0 Å². The van der Waals surface area contributed by atoms with Crippen molar-refractivity contribution in [2.45, 2.75) is 31.3 Å². The molecule has 19 heavy (non-hydrogen) atoms. The van der Waals surface area contributed by atoms with Gasteiger partial charge in [0.1, 0.15) is 0 Å². The molecule has 1 aliphatic rings. The minimum atomic E-state index is -1.72. The molecule has 1 fully saturated rings. The Morgan fingerprint density at radius 1 is 1.32 bits per heavy atom. The first-order valence-electron chi connectivity index (χ1n) is 5.84. The van der Waals surface area contributed by atoms with Crippen LogP contribution in [0.15, 0.2) is 6.07 Å². The highest BCUT2D eigenvalue weighted by Crippen LogP contribution is 2.26. The molecule has 1 aromatic carbocycles. The molecule has 104 valence electrons. The normalized spacial score (nSPS) is 22.5. The fraction of sp³-hybridized carbons (Fsp3) is 0.417. The van der Waals surface area contributed by atoms with Gasteiger partial charge in [-0.2, -0.15) is 4.39 Å². The summed E-state index contributed by atoms with van der Waals surface area (Å²) in [5.41, 5.74) is 5.00. The van der Waals surface area contributed by atoms with Gasteiger partial charge >= 0.3 is 0 Å². The Morgan fingerprint density at radius 2 is 2.00 bits per heavy atom. The summed E-state index contributed by atoms with van der Waals surface area (Å²) >= 11 is 0. The van der Waals surface area contributed by atoms with E-state index in [0.717, 1.165) is 12.8 Å². The Morgan fingerprint density at radius 3 is 2.58 bits per heavy atom. The number of aromatic hydroxyl groups is 1. The van der Waals surface area contributed by atoms with Crippen molar-refractivity contribution in [2.75, 3.05) is 0 Å². The lowest BCUT2D eigenvalue weighted by Gasteiger charge is -2.17. The fourth-order valence-corrected chi connectivity index (χ4v) is 2.17. The second-order valence-electron chi connectivity index (χ2n) is 4.56. The molecule has 0 spiro atoms. The van der Waals surface area contributed by atoms with Crippen LogP contribution in [0.3, 0.4) is 0 Å². The molecule has 0 heterocycles. The summed E-state index contributed by atoms with van der Waals surface area (Å²) in [6.07, 6.45) is 2.21. The van der Waals surface area contributed by atoms with E-state index in [1.54, 1.807) is 0 Å². The molecule has 4 N–H and O–H groups in total. The number of rotatable bonds is 2. The number of phenolic OH excluding ortho intramolecular Hbond substituents is 1. The molecule has 0 saturated heterocycles. The first kappa shape index (κ1) is 13.7. The van der Waals surface area contributed by atoms with Crippen molar-refractivity contribution in [1.82, 2.24) is 5.32 Å². The standard InChI is InChI=1S/C12H13F3N2O2/c13-6-4-5(9(14)11(18)10(6)15)12(19)17-8-3-1-2-7(8)16/h4,7-8,18H,1-3,16H2,(H,17,19). The van der Waals surface area contributed by atoms with Gasteiger partial charge in [0.2, 0.25) is 5.82 Å². The molecule has 4 nitrogen and oxygen atoms in total. The summed E-state index contributed by atoms with van der Waals surface area (Å²) in [6, 6.07) is -0.159. The Kier molecular flexibility index (Phi) is 3.66. The largest absolute Gasteiger partial charge is 0.503 e. The highest BCUT2D eigenvalue weighted by Gasteiger charge is 2.28. The molecular weight excluding hydrogens is 261 g/mol. The van der Waals surface area contributed by atoms with Crippen molar-refractivity contribution < 1.29 is 23.1 Å². The number of nitrogens with one attached hydrogen (secondary N) is 1. The monoisotopic (exact) mass is 274 g/mol. The molecule has 0 radical (unpaired) electrons. The van der Waals surface area contributed by atoms with Gasteiger partial charge in [-0.05, 0) is 25.3 Å². The van der Waals surface area contributed by atoms with E-state index < -0.39 is 34.7 Å². The van der Waals surface area contributed by atoms with Gasteiger partial charge in [0.15, 0.2) is 17.4 Å². The zero-order valence-corrected chi connectivity index (χ0v) is 9.92. The number of hydrogen-bond acceptors (Lipinski definition) is 3. The second-order valence-corrected chi connectivity index (χ2v) is 4.56. The predicted molar refractivity (Wildman–Crippen MR) is 61.1 cm³/mol. The van der Waals surface area contributed by atoms with E-state index >= 15 is 0 Å². The minimum absolute atomic E-state index is 0.245. The van der Waals surface area contributed by atoms with E-state index in [0.29, 0.717) is 12.5 Å². The smallest absolute Gasteiger partial charge is 0.254 e. The van der Waals surface area contributed by atoms with Crippen molar-refractivity contribution in [2.24, 2.45) is 5.73 Å². The topological polar surface area (TPSA) is 75.3 Å². The van der Waals surface area contributed by atoms with Crippen molar-refractivity contribution in [3.05, 3.63) is 29.1 Å². The van der Waals surface area contributed by atoms with Crippen LogP contribution in [0.25, 0.3) is 0 Å². The van der Waals surface area contributed by atoms with Gasteiger partial charge in [0.05, 0.1) is 5.56 Å². The van der Waals surface area contributed by atoms with Crippen LogP contribution in [0.4, 0.5) is 13.2 Å². The van der Waals surface area contributed by atoms with Crippen LogP contribution in [-0.4, -0.2) is 23.1 Å². The number of hydrogen-bond donors (Lipinski definition) is 3. The third-order valence-electron chi connectivity index (χ3n) is 3.26. The van der Waals surface area contributed by atoms with Crippen molar-refractivity contribution in [3.63, 3.8) is 0 Å². The average molecular weight is 274 g/mol. The summed E-state index contributed by atoms with van der Waals surface area (Å²) in [6.45, 7) is 0. The van der Waals surface area contributed by atoms with E-state index in [-0.39, 0.29) is 12.1 Å². The molecule has 2 rings (SSSR count). The second kappa shape index (κ2) is 5.08. The van der Waals surface area contributed by atoms with Crippen LogP contribution in [0.5, 0.6) is 5.75 Å². The van der Waals surface area contributed by atoms with Gasteiger partial charge in [0.25, 0.3) is 5.91 Å². The van der Waals surface area contributed by atoms with E-state index in [4.69, 9.17) is 10.8 Å². The summed E-state index contributed by atoms with van der Waals surface area (Å²) in [7, 11) is 0. The maximum atomic E-state index is 13.5. The van der Waals surface area contributed by atoms with Crippen LogP contribution < -0.4 is 11.1 Å². The number of amides is 1. The summed E-state index contributed by atoms with van der Waals surface area (Å²) in [4.78, 5) is 11.8. The summed E-state index contributed by atoms with van der Waals surface area (Å²) < 4.78 is 39.5. The summed E-state index contributed by atoms with van der Waals surface area (Å²) in [5.74, 6) is -7.11. The van der Waals surface area contributed by atoms with Crippen LogP contribution in [-0.2, 0) is 0 Å². The van der Waals surface area contributed by atoms with E-state index in [9.17, 15) is 18.0 Å². The predicted octanol–water partition coefficient (Wildman–Crippen LogP) is 1.42. The number of carbonyl (C=O) groups excluding carboxylic acids is 1. The molecule has 0 bridgehead atoms. The zero-order valence-electron chi connectivity index (χ0n) is 9.92. The molecule has 2 atom stereocenters. The van der Waals surface area contributed by atoms with Gasteiger partial charge in [-0.15, -0.1) is 0 Å². The molecular formula is C12H13F3N2O2. The van der Waals surface area contributed by atoms with Crippen molar-refractivity contribution >= 4 is 5.91 Å². The average Bonchev–Trinajstić information content (AvgIpc) is 2.77. The number of phenols is 1. The van der Waals surface area contributed by atoms with Crippen LogP contribution in [0, 0.1) is 17.5 Å². The number of nitrogens with two attached hydrogens (primary N) is 1. The first-order chi connectivity index (χ1) is 8.91. The van der Waals surface area contributed by atoms with Crippen LogP contribution in [0.2, 0.25) is 0 Å². The van der Waals surface area contributed by atoms with Gasteiger partial charge < -0.3 is 16.2 Å². The maximum absolute atomic E-state index is 13.5. The third kappa shape index (κ3) is 2.51. The lowest BCUT2D eigenvalue weighted by atomic mass is 10.1. The molecule has 7 heteroatoms. The van der Waals surface area contributed by atoms with Crippen LogP contribution in [0.1, 0.15) is 29.6 Å². The SMILES string of the molecule is NC1CCCC1NC(=O)c1cc(F)c(F)c(O)c1F. The van der Waals surface area contributed by atoms with Crippen molar-refractivity contribution in [1.29, 1.82) is 0 Å². The van der Waals surface area contributed by atoms with Gasteiger partial charge in [-0.25, -0.2) is 8.78 Å². The fourth-order valence-electron chi connectivity index (χ4n) is 2.17. The zero-order chi connectivity index (χ0) is 14.2. The molecule has 1 saturated carbocycles. The Labute approximate surface area is 107 Å². The number of carbonyl (C=O) groups is 1. The molecule has 0 aliphatic heterocycles. The minimum Gasteiger partial charge on any atom is -0.503 e. The quantitative estimate of drug-likeness (QED) is 0.714. The van der Waals surface area contributed by atoms with Crippen molar-refractivity contribution in [3.8, 4) is 5.75 Å². The number of halogens is 3. The lowest BCUT2D eigenvalue weighted by Crippen LogP contribution is -2.44. The Hall–Kier alpha value is -1.76. The molecule has 1 amide bonds. The summed E-state index contributed by atoms with van der Waals surface area (Å²) in [5, 5.41) is 11.5. The van der Waals surface area contributed by atoms with Crippen LogP contribution >= 0.6 is 0 Å². The molecule has 0 aromatic heterocycles. The Balaban J connectivity index is 2.24. The van der Waals surface area contributed by atoms with Gasteiger partial charge in [-0.3, -0.25) is 4.79 Å². The van der Waals surface area contributed by atoms with Gasteiger partial charge in [0, 0.05) is 12.1 Å². The molecule has 1 aliphatic carbocycles.